The zero-order valence-corrected chi connectivity index (χ0v) is 12.3. The van der Waals surface area contributed by atoms with Crippen LogP contribution in [0.25, 0.3) is 0 Å². The molecule has 2 rings (SSSR count). The summed E-state index contributed by atoms with van der Waals surface area (Å²) < 4.78 is 0. The number of amides is 1. The van der Waals surface area contributed by atoms with Crippen molar-refractivity contribution in [2.24, 2.45) is 5.41 Å². The number of carbonyl (C=O) groups excluding carboxylic acids is 1. The van der Waals surface area contributed by atoms with Gasteiger partial charge in [0.1, 0.15) is 0 Å². The predicted octanol–water partition coefficient (Wildman–Crippen LogP) is 2.34. The summed E-state index contributed by atoms with van der Waals surface area (Å²) in [6, 6.07) is 5.07. The van der Waals surface area contributed by atoms with Crippen LogP contribution in [0.2, 0.25) is 0 Å². The molecule has 1 saturated carbocycles. The minimum Gasteiger partial charge on any atom is -0.481 e. The molecular formula is C16H22N2O3. The molecule has 0 atom stereocenters. The van der Waals surface area contributed by atoms with Crippen molar-refractivity contribution in [3.8, 4) is 0 Å². The summed E-state index contributed by atoms with van der Waals surface area (Å²) in [5.41, 5.74) is 6.92. The summed E-state index contributed by atoms with van der Waals surface area (Å²) in [5.74, 6) is -1.06. The first-order valence-corrected chi connectivity index (χ1v) is 7.32. The van der Waals surface area contributed by atoms with E-state index >= 15 is 0 Å². The Morgan fingerprint density at radius 2 is 1.95 bits per heavy atom. The van der Waals surface area contributed by atoms with E-state index in [9.17, 15) is 14.7 Å². The van der Waals surface area contributed by atoms with Crippen LogP contribution >= 0.6 is 0 Å². The van der Waals surface area contributed by atoms with E-state index in [2.05, 4.69) is 5.32 Å². The molecule has 1 aliphatic rings. The van der Waals surface area contributed by atoms with Gasteiger partial charge in [-0.25, -0.2) is 0 Å². The van der Waals surface area contributed by atoms with Gasteiger partial charge in [-0.2, -0.15) is 0 Å². The lowest BCUT2D eigenvalue weighted by molar-refractivity contribution is -0.150. The van der Waals surface area contributed by atoms with Crippen LogP contribution in [0.15, 0.2) is 18.2 Å². The van der Waals surface area contributed by atoms with Crippen LogP contribution < -0.4 is 11.1 Å². The molecule has 1 aromatic rings. The van der Waals surface area contributed by atoms with Crippen LogP contribution in [-0.4, -0.2) is 23.5 Å². The minimum atomic E-state index is -0.809. The second kappa shape index (κ2) is 6.16. The van der Waals surface area contributed by atoms with Gasteiger partial charge in [-0.05, 0) is 43.5 Å². The first kappa shape index (κ1) is 15.4. The predicted molar refractivity (Wildman–Crippen MR) is 81.1 cm³/mol. The molecule has 0 unspecified atom stereocenters. The highest BCUT2D eigenvalue weighted by Gasteiger charge is 2.39. The van der Waals surface area contributed by atoms with Gasteiger partial charge in [0.2, 0.25) is 0 Å². The van der Waals surface area contributed by atoms with Crippen molar-refractivity contribution in [3.05, 3.63) is 29.3 Å². The van der Waals surface area contributed by atoms with E-state index in [4.69, 9.17) is 5.73 Å². The highest BCUT2D eigenvalue weighted by Crippen LogP contribution is 2.36. The van der Waals surface area contributed by atoms with Crippen molar-refractivity contribution in [1.29, 1.82) is 0 Å². The van der Waals surface area contributed by atoms with E-state index in [1.165, 1.54) is 0 Å². The summed E-state index contributed by atoms with van der Waals surface area (Å²) in [4.78, 5) is 23.7. The number of nitrogens with one attached hydrogen (secondary N) is 1. The topological polar surface area (TPSA) is 92.4 Å². The number of rotatable bonds is 4. The number of nitrogens with two attached hydrogens (primary N) is 1. The Labute approximate surface area is 124 Å². The number of hydrogen-bond donors (Lipinski definition) is 3. The number of anilines is 1. The lowest BCUT2D eigenvalue weighted by atomic mass is 9.74. The zero-order chi connectivity index (χ0) is 15.5. The zero-order valence-electron chi connectivity index (χ0n) is 12.3. The Morgan fingerprint density at radius 3 is 2.52 bits per heavy atom. The fourth-order valence-electron chi connectivity index (χ4n) is 2.86. The van der Waals surface area contributed by atoms with Crippen LogP contribution in [0.5, 0.6) is 0 Å². The molecule has 21 heavy (non-hydrogen) atoms. The summed E-state index contributed by atoms with van der Waals surface area (Å²) in [5, 5.41) is 12.3. The summed E-state index contributed by atoms with van der Waals surface area (Å²) in [6.07, 6.45) is 4.14. The molecule has 0 bridgehead atoms. The van der Waals surface area contributed by atoms with Gasteiger partial charge in [-0.15, -0.1) is 0 Å². The third-order valence-corrected chi connectivity index (χ3v) is 4.38. The lowest BCUT2D eigenvalue weighted by Crippen LogP contribution is -2.44. The second-order valence-electron chi connectivity index (χ2n) is 5.90. The number of nitrogen functional groups attached to an aromatic ring is 1. The number of carboxylic acid groups (broad SMARTS) is 1. The van der Waals surface area contributed by atoms with E-state index in [1.807, 2.05) is 6.92 Å². The van der Waals surface area contributed by atoms with E-state index in [0.29, 0.717) is 24.1 Å². The van der Waals surface area contributed by atoms with E-state index in [0.717, 1.165) is 24.8 Å². The third-order valence-electron chi connectivity index (χ3n) is 4.38. The molecule has 5 nitrogen and oxygen atoms in total. The van der Waals surface area contributed by atoms with Crippen molar-refractivity contribution in [2.45, 2.75) is 39.0 Å². The smallest absolute Gasteiger partial charge is 0.311 e. The Balaban J connectivity index is 2.05. The van der Waals surface area contributed by atoms with Gasteiger partial charge in [-0.1, -0.05) is 19.3 Å². The Morgan fingerprint density at radius 1 is 1.29 bits per heavy atom. The maximum atomic E-state index is 12.2. The maximum absolute atomic E-state index is 12.2. The molecule has 1 fully saturated rings. The van der Waals surface area contributed by atoms with Gasteiger partial charge >= 0.3 is 5.97 Å². The van der Waals surface area contributed by atoms with Crippen LogP contribution in [-0.2, 0) is 4.79 Å². The fraction of sp³-hybridized carbons (Fsp3) is 0.500. The lowest BCUT2D eigenvalue weighted by Gasteiger charge is -2.33. The van der Waals surface area contributed by atoms with Crippen molar-refractivity contribution in [1.82, 2.24) is 5.32 Å². The van der Waals surface area contributed by atoms with Crippen molar-refractivity contribution < 1.29 is 14.7 Å². The van der Waals surface area contributed by atoms with Crippen LogP contribution in [0.1, 0.15) is 48.0 Å². The van der Waals surface area contributed by atoms with Gasteiger partial charge in [0, 0.05) is 17.8 Å². The van der Waals surface area contributed by atoms with Crippen LogP contribution in [0.3, 0.4) is 0 Å². The largest absolute Gasteiger partial charge is 0.481 e. The minimum absolute atomic E-state index is 0.185. The summed E-state index contributed by atoms with van der Waals surface area (Å²) in [6.45, 7) is 2.02. The van der Waals surface area contributed by atoms with Crippen LogP contribution in [0, 0.1) is 12.3 Å². The average molecular weight is 290 g/mol. The number of benzene rings is 1. The van der Waals surface area contributed by atoms with E-state index < -0.39 is 11.4 Å². The Kier molecular flexibility index (Phi) is 4.50. The molecule has 4 N–H and O–H groups in total. The standard InChI is InChI=1S/C16H22N2O3/c1-11-9-12(5-6-13(11)17)14(19)18-10-16(15(20)21)7-3-2-4-8-16/h5-6,9H,2-4,7-8,10,17H2,1H3,(H,18,19)(H,20,21). The number of carbonyl (C=O) groups is 2. The first-order valence-electron chi connectivity index (χ1n) is 7.32. The number of carboxylic acids is 1. The van der Waals surface area contributed by atoms with Gasteiger partial charge in [0.05, 0.1) is 5.41 Å². The molecule has 1 aromatic carbocycles. The molecule has 0 aromatic heterocycles. The van der Waals surface area contributed by atoms with E-state index in [-0.39, 0.29) is 12.5 Å². The molecular weight excluding hydrogens is 268 g/mol. The van der Waals surface area contributed by atoms with Gasteiger partial charge in [-0.3, -0.25) is 9.59 Å². The van der Waals surface area contributed by atoms with Crippen molar-refractivity contribution in [2.75, 3.05) is 12.3 Å². The van der Waals surface area contributed by atoms with Gasteiger partial charge in [0.25, 0.3) is 5.91 Å². The molecule has 0 heterocycles. The fourth-order valence-corrected chi connectivity index (χ4v) is 2.86. The normalized spacial score (nSPS) is 17.2. The van der Waals surface area contributed by atoms with Crippen LogP contribution in [0.4, 0.5) is 5.69 Å². The van der Waals surface area contributed by atoms with E-state index in [1.54, 1.807) is 18.2 Å². The number of hydrogen-bond acceptors (Lipinski definition) is 3. The second-order valence-corrected chi connectivity index (χ2v) is 5.90. The monoisotopic (exact) mass is 290 g/mol. The molecule has 1 amide bonds. The third kappa shape index (κ3) is 3.35. The molecule has 1 aliphatic carbocycles. The van der Waals surface area contributed by atoms with Crippen molar-refractivity contribution in [3.63, 3.8) is 0 Å². The van der Waals surface area contributed by atoms with Crippen molar-refractivity contribution >= 4 is 17.6 Å². The average Bonchev–Trinajstić information content (AvgIpc) is 2.48. The number of aryl methyl sites for hydroxylation is 1. The molecule has 0 saturated heterocycles. The first-order chi connectivity index (χ1) is 9.94. The summed E-state index contributed by atoms with van der Waals surface area (Å²) in [7, 11) is 0. The number of aliphatic carboxylic acids is 1. The Hall–Kier alpha value is -2.04. The highest BCUT2D eigenvalue weighted by atomic mass is 16.4. The SMILES string of the molecule is Cc1cc(C(=O)NCC2(C(=O)O)CCCCC2)ccc1N. The quantitative estimate of drug-likeness (QED) is 0.742. The van der Waals surface area contributed by atoms with Gasteiger partial charge in [0.15, 0.2) is 0 Å². The highest BCUT2D eigenvalue weighted by molar-refractivity contribution is 5.95. The van der Waals surface area contributed by atoms with Gasteiger partial charge < -0.3 is 16.2 Å². The molecule has 5 heteroatoms. The molecule has 0 spiro atoms. The maximum Gasteiger partial charge on any atom is 0.311 e. The molecule has 114 valence electrons. The molecule has 0 aliphatic heterocycles. The molecule has 0 radical (unpaired) electrons. The summed E-state index contributed by atoms with van der Waals surface area (Å²) >= 11 is 0. The Bertz CT molecular complexity index is 548.